The highest BCUT2D eigenvalue weighted by molar-refractivity contribution is 6.30. The third-order valence-corrected chi connectivity index (χ3v) is 6.73. The van der Waals surface area contributed by atoms with Crippen molar-refractivity contribution in [3.63, 3.8) is 0 Å². The van der Waals surface area contributed by atoms with Gasteiger partial charge in [0, 0.05) is 22.4 Å². The number of rotatable bonds is 2. The molecule has 2 N–H and O–H groups in total. The highest BCUT2D eigenvalue weighted by Crippen LogP contribution is 2.57. The Morgan fingerprint density at radius 2 is 1.57 bits per heavy atom. The Bertz CT molecular complexity index is 1130. The molecule has 1 amide bonds. The van der Waals surface area contributed by atoms with Crippen LogP contribution in [0.5, 0.6) is 0 Å². The quantitative estimate of drug-likeness (QED) is 0.630. The first-order valence-corrected chi connectivity index (χ1v) is 10.4. The van der Waals surface area contributed by atoms with Crippen LogP contribution in [0.3, 0.4) is 0 Å². The molecule has 2 aliphatic rings. The number of ketones is 1. The van der Waals surface area contributed by atoms with Crippen molar-refractivity contribution in [1.29, 1.82) is 0 Å². The van der Waals surface area contributed by atoms with Gasteiger partial charge in [-0.1, -0.05) is 66.2 Å². The fourth-order valence-corrected chi connectivity index (χ4v) is 5.25. The number of halogens is 1. The number of nitrogens with one attached hydrogen (secondary N) is 1. The largest absolute Gasteiger partial charge is 0.384 e. The second-order valence-electron chi connectivity index (χ2n) is 8.01. The van der Waals surface area contributed by atoms with Crippen LogP contribution in [-0.2, 0) is 10.4 Å². The number of hydrogen-bond donors (Lipinski definition) is 2. The minimum atomic E-state index is -1.53. The third kappa shape index (κ3) is 2.79. The lowest BCUT2D eigenvalue weighted by Gasteiger charge is -2.36. The van der Waals surface area contributed by atoms with E-state index in [1.807, 2.05) is 42.5 Å². The van der Waals surface area contributed by atoms with Crippen molar-refractivity contribution in [3.05, 3.63) is 101 Å². The molecule has 3 aromatic rings. The lowest BCUT2D eigenvalue weighted by atomic mass is 9.74. The molecule has 1 saturated carbocycles. The SMILES string of the molecule is O=C1c2ccccc2NC(=O)[C@H]2[C@H]1C[C@@H](c1ccc(Cl)cc1)[C@]2(O)c1ccccc1. The highest BCUT2D eigenvalue weighted by atomic mass is 35.5. The minimum Gasteiger partial charge on any atom is -0.384 e. The van der Waals surface area contributed by atoms with Gasteiger partial charge < -0.3 is 10.4 Å². The van der Waals surface area contributed by atoms with E-state index >= 15 is 0 Å². The fraction of sp³-hybridized carbons (Fsp3) is 0.200. The lowest BCUT2D eigenvalue weighted by Crippen LogP contribution is -2.44. The van der Waals surface area contributed by atoms with Crippen LogP contribution >= 0.6 is 11.6 Å². The molecule has 1 heterocycles. The standard InChI is InChI=1S/C25H20ClNO3/c26-17-12-10-15(11-13-17)20-14-19-22(25(20,30)16-6-2-1-3-7-16)24(29)27-21-9-5-4-8-18(21)23(19)28/h1-13,19-20,22,30H,14H2,(H,27,29)/t19-,20+,22-,25-/m1/s1. The number of amides is 1. The first kappa shape index (κ1) is 19.0. The molecule has 3 aromatic carbocycles. The average Bonchev–Trinajstić information content (AvgIpc) is 3.03. The predicted molar refractivity (Wildman–Crippen MR) is 116 cm³/mol. The molecule has 0 bridgehead atoms. The van der Waals surface area contributed by atoms with E-state index in [9.17, 15) is 14.7 Å². The van der Waals surface area contributed by atoms with E-state index in [0.717, 1.165) is 5.56 Å². The number of aliphatic hydroxyl groups is 1. The van der Waals surface area contributed by atoms with Crippen LogP contribution in [0.15, 0.2) is 78.9 Å². The van der Waals surface area contributed by atoms with Crippen LogP contribution in [0.4, 0.5) is 5.69 Å². The van der Waals surface area contributed by atoms with Gasteiger partial charge in [-0.3, -0.25) is 9.59 Å². The lowest BCUT2D eigenvalue weighted by molar-refractivity contribution is -0.130. The molecule has 0 spiro atoms. The van der Waals surface area contributed by atoms with Crippen molar-refractivity contribution < 1.29 is 14.7 Å². The summed E-state index contributed by atoms with van der Waals surface area (Å²) in [5, 5.41) is 15.7. The van der Waals surface area contributed by atoms with E-state index in [4.69, 9.17) is 11.6 Å². The summed E-state index contributed by atoms with van der Waals surface area (Å²) < 4.78 is 0. The van der Waals surface area contributed by atoms with Gasteiger partial charge in [-0.05, 0) is 41.8 Å². The molecular formula is C25H20ClNO3. The second kappa shape index (κ2) is 7.08. The van der Waals surface area contributed by atoms with Gasteiger partial charge >= 0.3 is 0 Å². The zero-order chi connectivity index (χ0) is 20.9. The van der Waals surface area contributed by atoms with Crippen LogP contribution in [-0.4, -0.2) is 16.8 Å². The van der Waals surface area contributed by atoms with Gasteiger partial charge in [0.15, 0.2) is 5.78 Å². The topological polar surface area (TPSA) is 66.4 Å². The summed E-state index contributed by atoms with van der Waals surface area (Å²) in [5.74, 6) is -2.40. The number of benzene rings is 3. The number of para-hydroxylation sites is 1. The van der Waals surface area contributed by atoms with E-state index in [-0.39, 0.29) is 11.7 Å². The van der Waals surface area contributed by atoms with Crippen molar-refractivity contribution in [3.8, 4) is 0 Å². The number of carbonyl (C=O) groups is 2. The van der Waals surface area contributed by atoms with Crippen LogP contribution < -0.4 is 5.32 Å². The summed E-state index contributed by atoms with van der Waals surface area (Å²) >= 11 is 6.07. The maximum absolute atomic E-state index is 13.5. The first-order chi connectivity index (χ1) is 14.5. The van der Waals surface area contributed by atoms with E-state index in [0.29, 0.717) is 28.3 Å². The Kier molecular flexibility index (Phi) is 4.49. The van der Waals surface area contributed by atoms with Gasteiger partial charge in [0.05, 0.1) is 11.6 Å². The minimum absolute atomic E-state index is 0.111. The molecule has 0 radical (unpaired) electrons. The van der Waals surface area contributed by atoms with E-state index < -0.39 is 23.4 Å². The summed E-state index contributed by atoms with van der Waals surface area (Å²) in [4.78, 5) is 26.9. The Balaban J connectivity index is 1.70. The molecule has 1 aliphatic heterocycles. The smallest absolute Gasteiger partial charge is 0.231 e. The molecule has 0 unspecified atom stereocenters. The number of anilines is 1. The molecule has 5 rings (SSSR count). The average molecular weight is 418 g/mol. The van der Waals surface area contributed by atoms with Crippen LogP contribution in [0.1, 0.15) is 33.8 Å². The van der Waals surface area contributed by atoms with Crippen LogP contribution in [0.2, 0.25) is 5.02 Å². The number of carbonyl (C=O) groups excluding carboxylic acids is 2. The van der Waals surface area contributed by atoms with E-state index in [1.165, 1.54) is 0 Å². The van der Waals surface area contributed by atoms with Crippen molar-refractivity contribution in [2.45, 2.75) is 17.9 Å². The van der Waals surface area contributed by atoms with Gasteiger partial charge in [-0.2, -0.15) is 0 Å². The van der Waals surface area contributed by atoms with Crippen molar-refractivity contribution in [1.82, 2.24) is 0 Å². The Morgan fingerprint density at radius 3 is 2.30 bits per heavy atom. The third-order valence-electron chi connectivity index (χ3n) is 6.48. The van der Waals surface area contributed by atoms with Crippen LogP contribution in [0.25, 0.3) is 0 Å². The van der Waals surface area contributed by atoms with Gasteiger partial charge in [0.1, 0.15) is 5.60 Å². The molecule has 4 nitrogen and oxygen atoms in total. The maximum atomic E-state index is 13.5. The van der Waals surface area contributed by atoms with E-state index in [1.54, 1.807) is 36.4 Å². The predicted octanol–water partition coefficient (Wildman–Crippen LogP) is 4.78. The van der Waals surface area contributed by atoms with Crippen molar-refractivity contribution in [2.75, 3.05) is 5.32 Å². The monoisotopic (exact) mass is 417 g/mol. The summed E-state index contributed by atoms with van der Waals surface area (Å²) in [7, 11) is 0. The Labute approximate surface area is 179 Å². The summed E-state index contributed by atoms with van der Waals surface area (Å²) in [6, 6.07) is 23.5. The Morgan fingerprint density at radius 1 is 0.900 bits per heavy atom. The van der Waals surface area contributed by atoms with Crippen molar-refractivity contribution in [2.24, 2.45) is 11.8 Å². The molecule has 30 heavy (non-hydrogen) atoms. The summed E-state index contributed by atoms with van der Waals surface area (Å²) in [6.07, 6.45) is 0.373. The summed E-state index contributed by atoms with van der Waals surface area (Å²) in [6.45, 7) is 0. The maximum Gasteiger partial charge on any atom is 0.231 e. The highest BCUT2D eigenvalue weighted by Gasteiger charge is 2.61. The Hall–Kier alpha value is -2.95. The number of fused-ring (bicyclic) bond motifs is 2. The zero-order valence-corrected chi connectivity index (χ0v) is 16.8. The number of Topliss-reactive ketones (excluding diaryl/α,β-unsaturated/α-hetero) is 1. The fourth-order valence-electron chi connectivity index (χ4n) is 5.12. The molecule has 0 saturated heterocycles. The molecular weight excluding hydrogens is 398 g/mol. The molecule has 4 atom stereocenters. The van der Waals surface area contributed by atoms with Gasteiger partial charge in [0.2, 0.25) is 5.91 Å². The number of hydrogen-bond acceptors (Lipinski definition) is 3. The summed E-state index contributed by atoms with van der Waals surface area (Å²) in [5.41, 5.74) is 0.951. The van der Waals surface area contributed by atoms with Gasteiger partial charge in [-0.25, -0.2) is 0 Å². The van der Waals surface area contributed by atoms with E-state index in [2.05, 4.69) is 5.32 Å². The normalized spacial score (nSPS) is 27.7. The molecule has 1 aliphatic carbocycles. The van der Waals surface area contributed by atoms with Crippen LogP contribution in [0, 0.1) is 11.8 Å². The van der Waals surface area contributed by atoms with Gasteiger partial charge in [-0.15, -0.1) is 0 Å². The molecule has 1 fully saturated rings. The molecule has 5 heteroatoms. The second-order valence-corrected chi connectivity index (χ2v) is 8.45. The molecule has 150 valence electrons. The van der Waals surface area contributed by atoms with Crippen molar-refractivity contribution >= 4 is 29.0 Å². The first-order valence-electron chi connectivity index (χ1n) is 9.97. The zero-order valence-electron chi connectivity index (χ0n) is 16.1. The molecule has 0 aromatic heterocycles. The van der Waals surface area contributed by atoms with Gasteiger partial charge in [0.25, 0.3) is 0 Å².